The largest absolute Gasteiger partial charge is 0.497 e. The first-order valence-corrected chi connectivity index (χ1v) is 4.26. The Bertz CT molecular complexity index is 363. The van der Waals surface area contributed by atoms with Crippen LogP contribution in [0, 0.1) is 0 Å². The van der Waals surface area contributed by atoms with Crippen LogP contribution in [0.4, 0.5) is 13.2 Å². The molecule has 1 aromatic carbocycles. The first-order valence-electron chi connectivity index (χ1n) is 3.89. The summed E-state index contributed by atoms with van der Waals surface area (Å²) in [4.78, 5) is 0. The number of benzene rings is 1. The lowest BCUT2D eigenvalue weighted by molar-refractivity contribution is -0.138. The van der Waals surface area contributed by atoms with E-state index in [9.17, 15) is 13.2 Å². The lowest BCUT2D eigenvalue weighted by atomic mass is 10.2. The summed E-state index contributed by atoms with van der Waals surface area (Å²) < 4.78 is 46.9. The Morgan fingerprint density at radius 3 is 2.13 bits per heavy atom. The molecule has 0 N–H and O–H groups in total. The predicted molar refractivity (Wildman–Crippen MR) is 49.6 cm³/mol. The molecule has 0 atom stereocenters. The third-order valence-electron chi connectivity index (χ3n) is 1.76. The molecule has 0 aromatic heterocycles. The van der Waals surface area contributed by atoms with Crippen LogP contribution in [0.2, 0.25) is 5.02 Å². The molecule has 0 saturated heterocycles. The zero-order chi connectivity index (χ0) is 11.6. The van der Waals surface area contributed by atoms with Gasteiger partial charge in [-0.15, -0.1) is 0 Å². The number of hydrogen-bond donors (Lipinski definition) is 0. The topological polar surface area (TPSA) is 18.5 Å². The molecule has 0 amide bonds. The fourth-order valence-electron chi connectivity index (χ4n) is 1.10. The van der Waals surface area contributed by atoms with Gasteiger partial charge < -0.3 is 9.47 Å². The molecule has 84 valence electrons. The van der Waals surface area contributed by atoms with Crippen LogP contribution in [0.15, 0.2) is 12.1 Å². The van der Waals surface area contributed by atoms with Gasteiger partial charge in [0.1, 0.15) is 17.1 Å². The molecule has 0 aliphatic rings. The molecule has 6 heteroatoms. The summed E-state index contributed by atoms with van der Waals surface area (Å²) in [7, 11) is 2.39. The van der Waals surface area contributed by atoms with E-state index in [0.717, 1.165) is 13.2 Å². The molecule has 0 spiro atoms. The van der Waals surface area contributed by atoms with Crippen LogP contribution in [-0.4, -0.2) is 14.2 Å². The van der Waals surface area contributed by atoms with Gasteiger partial charge in [0, 0.05) is 6.07 Å². The van der Waals surface area contributed by atoms with Crippen molar-refractivity contribution in [3.05, 3.63) is 22.7 Å². The number of alkyl halides is 3. The minimum atomic E-state index is -4.52. The first kappa shape index (κ1) is 12.0. The van der Waals surface area contributed by atoms with Gasteiger partial charge in [-0.05, 0) is 6.07 Å². The van der Waals surface area contributed by atoms with Gasteiger partial charge in [-0.1, -0.05) is 11.6 Å². The Balaban J connectivity index is 3.39. The van der Waals surface area contributed by atoms with E-state index in [1.165, 1.54) is 13.2 Å². The normalized spacial score (nSPS) is 11.3. The highest BCUT2D eigenvalue weighted by molar-refractivity contribution is 6.32. The van der Waals surface area contributed by atoms with Crippen LogP contribution in [0.25, 0.3) is 0 Å². The van der Waals surface area contributed by atoms with E-state index in [2.05, 4.69) is 4.74 Å². The molecule has 0 radical (unpaired) electrons. The van der Waals surface area contributed by atoms with Crippen molar-refractivity contribution in [2.24, 2.45) is 0 Å². The van der Waals surface area contributed by atoms with Gasteiger partial charge in [0.25, 0.3) is 0 Å². The van der Waals surface area contributed by atoms with Crippen molar-refractivity contribution >= 4 is 11.6 Å². The molecule has 0 saturated carbocycles. The Labute approximate surface area is 89.6 Å². The molecule has 2 nitrogen and oxygen atoms in total. The van der Waals surface area contributed by atoms with Gasteiger partial charge in [0.2, 0.25) is 0 Å². The van der Waals surface area contributed by atoms with Gasteiger partial charge in [0.05, 0.1) is 19.2 Å². The van der Waals surface area contributed by atoms with Gasteiger partial charge in [0.15, 0.2) is 0 Å². The SMILES string of the molecule is COc1cc(Cl)c(OC)c(C(F)(F)F)c1. The van der Waals surface area contributed by atoms with Crippen LogP contribution < -0.4 is 9.47 Å². The van der Waals surface area contributed by atoms with Crippen molar-refractivity contribution in [1.29, 1.82) is 0 Å². The average Bonchev–Trinajstić information content (AvgIpc) is 2.15. The summed E-state index contributed by atoms with van der Waals surface area (Å²) in [5.74, 6) is -0.363. The summed E-state index contributed by atoms with van der Waals surface area (Å²) in [6.07, 6.45) is -4.52. The molecule has 1 aromatic rings. The van der Waals surface area contributed by atoms with Gasteiger partial charge in [-0.2, -0.15) is 13.2 Å². The van der Waals surface area contributed by atoms with Gasteiger partial charge in [-0.25, -0.2) is 0 Å². The van der Waals surface area contributed by atoms with Crippen molar-refractivity contribution in [3.8, 4) is 11.5 Å². The Morgan fingerprint density at radius 2 is 1.73 bits per heavy atom. The maximum absolute atomic E-state index is 12.5. The lowest BCUT2D eigenvalue weighted by Gasteiger charge is -2.14. The second-order valence-corrected chi connectivity index (χ2v) is 3.09. The van der Waals surface area contributed by atoms with E-state index >= 15 is 0 Å². The molecule has 0 fully saturated rings. The molecular formula is C9H8ClF3O2. The third-order valence-corrected chi connectivity index (χ3v) is 2.04. The molecule has 15 heavy (non-hydrogen) atoms. The summed E-state index contributed by atoms with van der Waals surface area (Å²) in [6, 6.07) is 2.10. The summed E-state index contributed by atoms with van der Waals surface area (Å²) in [5.41, 5.74) is -0.950. The van der Waals surface area contributed by atoms with Gasteiger partial charge >= 0.3 is 6.18 Å². The second kappa shape index (κ2) is 4.18. The highest BCUT2D eigenvalue weighted by atomic mass is 35.5. The highest BCUT2D eigenvalue weighted by Crippen LogP contribution is 2.42. The van der Waals surface area contributed by atoms with E-state index in [0.29, 0.717) is 0 Å². The van der Waals surface area contributed by atoms with E-state index in [-0.39, 0.29) is 10.8 Å². The van der Waals surface area contributed by atoms with Gasteiger partial charge in [-0.3, -0.25) is 0 Å². The maximum Gasteiger partial charge on any atom is 0.420 e. The van der Waals surface area contributed by atoms with Crippen molar-refractivity contribution in [3.63, 3.8) is 0 Å². The zero-order valence-electron chi connectivity index (χ0n) is 7.98. The van der Waals surface area contributed by atoms with Crippen LogP contribution in [-0.2, 0) is 6.18 Å². The van der Waals surface area contributed by atoms with Crippen LogP contribution in [0.1, 0.15) is 5.56 Å². The Kier molecular flexibility index (Phi) is 3.34. The second-order valence-electron chi connectivity index (χ2n) is 2.69. The lowest BCUT2D eigenvalue weighted by Crippen LogP contribution is -2.08. The number of halogens is 4. The Hall–Kier alpha value is -1.10. The van der Waals surface area contributed by atoms with E-state index in [1.54, 1.807) is 0 Å². The molecule has 0 aliphatic carbocycles. The Morgan fingerprint density at radius 1 is 1.13 bits per heavy atom. The van der Waals surface area contributed by atoms with E-state index in [4.69, 9.17) is 16.3 Å². The monoisotopic (exact) mass is 240 g/mol. The molecular weight excluding hydrogens is 233 g/mol. The van der Waals surface area contributed by atoms with Crippen LogP contribution in [0.5, 0.6) is 11.5 Å². The van der Waals surface area contributed by atoms with Crippen LogP contribution >= 0.6 is 11.6 Å². The number of methoxy groups -OCH3 is 2. The minimum Gasteiger partial charge on any atom is -0.497 e. The zero-order valence-corrected chi connectivity index (χ0v) is 8.74. The number of rotatable bonds is 2. The summed E-state index contributed by atoms with van der Waals surface area (Å²) in [6.45, 7) is 0. The molecule has 0 bridgehead atoms. The predicted octanol–water partition coefficient (Wildman–Crippen LogP) is 3.38. The van der Waals surface area contributed by atoms with Crippen molar-refractivity contribution in [2.45, 2.75) is 6.18 Å². The molecule has 0 aliphatic heterocycles. The summed E-state index contributed by atoms with van der Waals surface area (Å²) >= 11 is 5.61. The summed E-state index contributed by atoms with van der Waals surface area (Å²) in [5, 5.41) is -0.135. The van der Waals surface area contributed by atoms with Crippen LogP contribution in [0.3, 0.4) is 0 Å². The number of ether oxygens (including phenoxy) is 2. The number of hydrogen-bond acceptors (Lipinski definition) is 2. The van der Waals surface area contributed by atoms with E-state index in [1.807, 2.05) is 0 Å². The molecule has 1 rings (SSSR count). The highest BCUT2D eigenvalue weighted by Gasteiger charge is 2.36. The van der Waals surface area contributed by atoms with Crippen molar-refractivity contribution in [2.75, 3.05) is 14.2 Å². The van der Waals surface area contributed by atoms with E-state index < -0.39 is 17.5 Å². The van der Waals surface area contributed by atoms with Crippen molar-refractivity contribution in [1.82, 2.24) is 0 Å². The quantitative estimate of drug-likeness (QED) is 0.789. The standard InChI is InChI=1S/C9H8ClF3O2/c1-14-5-3-6(9(11,12)13)8(15-2)7(10)4-5/h3-4H,1-2H3. The fraction of sp³-hybridized carbons (Fsp3) is 0.333. The average molecular weight is 241 g/mol. The smallest absolute Gasteiger partial charge is 0.420 e. The third kappa shape index (κ3) is 2.47. The first-order chi connectivity index (χ1) is 6.90. The fourth-order valence-corrected chi connectivity index (χ4v) is 1.39. The van der Waals surface area contributed by atoms with Crippen molar-refractivity contribution < 1.29 is 22.6 Å². The molecule has 0 unspecified atom stereocenters. The molecule has 0 heterocycles. The minimum absolute atomic E-state index is 0.0353. The maximum atomic E-state index is 12.5.